The molecule has 0 bridgehead atoms. The van der Waals surface area contributed by atoms with Gasteiger partial charge in [0.15, 0.2) is 11.0 Å². The molecule has 4 rings (SSSR count). The van der Waals surface area contributed by atoms with E-state index in [4.69, 9.17) is 0 Å². The quantitative estimate of drug-likeness (QED) is 0.420. The molecule has 0 radical (unpaired) electrons. The van der Waals surface area contributed by atoms with Gasteiger partial charge in [-0.3, -0.25) is 9.59 Å². The lowest BCUT2D eigenvalue weighted by Crippen LogP contribution is -2.33. The summed E-state index contributed by atoms with van der Waals surface area (Å²) >= 11 is 1.43. The van der Waals surface area contributed by atoms with Crippen molar-refractivity contribution in [2.24, 2.45) is 13.0 Å². The van der Waals surface area contributed by atoms with Crippen LogP contribution < -0.4 is 10.9 Å². The van der Waals surface area contributed by atoms with Crippen LogP contribution in [0.2, 0.25) is 0 Å². The van der Waals surface area contributed by atoms with Crippen LogP contribution in [0.1, 0.15) is 41.9 Å². The Bertz CT molecular complexity index is 1300. The summed E-state index contributed by atoms with van der Waals surface area (Å²) in [5, 5.41) is 13.0. The number of fused-ring (bicyclic) bond motifs is 1. The molecule has 4 aromatic rings. The predicted octanol–water partition coefficient (Wildman–Crippen LogP) is 3.47. The van der Waals surface area contributed by atoms with Crippen molar-refractivity contribution in [1.29, 1.82) is 0 Å². The Morgan fingerprint density at radius 1 is 1.09 bits per heavy atom. The second-order valence-corrected chi connectivity index (χ2v) is 8.72. The maximum absolute atomic E-state index is 12.7. The van der Waals surface area contributed by atoms with Crippen molar-refractivity contribution >= 4 is 28.6 Å². The highest BCUT2D eigenvalue weighted by molar-refractivity contribution is 7.98. The number of aromatic amines is 1. The molecule has 2 N–H and O–H groups in total. The van der Waals surface area contributed by atoms with Crippen LogP contribution in [0.4, 0.5) is 0 Å². The van der Waals surface area contributed by atoms with E-state index >= 15 is 0 Å². The number of H-pyrrole nitrogens is 1. The SMILES string of the molecule is CC(C)[C@H](NC(=O)c1ccccc1)c1nnc(SCc2nc3ccccc3c(=O)[nH]2)n1C. The fourth-order valence-electron chi connectivity index (χ4n) is 3.40. The fraction of sp³-hybridized carbons (Fsp3) is 0.261. The molecule has 0 aliphatic heterocycles. The minimum atomic E-state index is -0.298. The van der Waals surface area contributed by atoms with Crippen molar-refractivity contribution in [3.63, 3.8) is 0 Å². The van der Waals surface area contributed by atoms with E-state index in [9.17, 15) is 9.59 Å². The van der Waals surface area contributed by atoms with Crippen LogP contribution in [-0.4, -0.2) is 30.6 Å². The lowest BCUT2D eigenvalue weighted by Gasteiger charge is -2.21. The summed E-state index contributed by atoms with van der Waals surface area (Å²) in [4.78, 5) is 32.3. The Kier molecular flexibility index (Phi) is 6.36. The molecule has 2 heterocycles. The molecule has 0 saturated carbocycles. The number of hydrogen-bond donors (Lipinski definition) is 2. The molecule has 0 aliphatic rings. The molecule has 1 amide bonds. The zero-order valence-electron chi connectivity index (χ0n) is 18.1. The van der Waals surface area contributed by atoms with Crippen LogP contribution in [-0.2, 0) is 12.8 Å². The number of nitrogens with zero attached hydrogens (tertiary/aromatic N) is 4. The lowest BCUT2D eigenvalue weighted by molar-refractivity contribution is 0.0922. The number of nitrogens with one attached hydrogen (secondary N) is 2. The number of carbonyl (C=O) groups is 1. The van der Waals surface area contributed by atoms with Gasteiger partial charge in [0.1, 0.15) is 5.82 Å². The number of thioether (sulfide) groups is 1. The topological polar surface area (TPSA) is 106 Å². The zero-order valence-corrected chi connectivity index (χ0v) is 18.9. The molecule has 164 valence electrons. The number of para-hydroxylation sites is 1. The van der Waals surface area contributed by atoms with E-state index in [-0.39, 0.29) is 23.4 Å². The Morgan fingerprint density at radius 2 is 1.81 bits per heavy atom. The third-order valence-corrected chi connectivity index (χ3v) is 6.17. The Morgan fingerprint density at radius 3 is 2.56 bits per heavy atom. The van der Waals surface area contributed by atoms with Gasteiger partial charge < -0.3 is 14.9 Å². The molecule has 2 aromatic carbocycles. The molecular formula is C23H24N6O2S. The van der Waals surface area contributed by atoms with E-state index in [2.05, 4.69) is 25.5 Å². The van der Waals surface area contributed by atoms with Crippen LogP contribution in [0.25, 0.3) is 10.9 Å². The molecule has 9 heteroatoms. The van der Waals surface area contributed by atoms with Crippen LogP contribution in [0.15, 0.2) is 64.5 Å². The van der Waals surface area contributed by atoms with E-state index in [1.807, 2.05) is 61.9 Å². The van der Waals surface area contributed by atoms with Crippen molar-refractivity contribution in [1.82, 2.24) is 30.0 Å². The highest BCUT2D eigenvalue weighted by atomic mass is 32.2. The fourth-order valence-corrected chi connectivity index (χ4v) is 4.19. The Balaban J connectivity index is 1.51. The molecule has 0 saturated heterocycles. The Hall–Kier alpha value is -3.46. The van der Waals surface area contributed by atoms with Crippen LogP contribution >= 0.6 is 11.8 Å². The molecule has 0 aliphatic carbocycles. The van der Waals surface area contributed by atoms with Crippen LogP contribution in [0.3, 0.4) is 0 Å². The van der Waals surface area contributed by atoms with Gasteiger partial charge in [-0.2, -0.15) is 0 Å². The number of benzene rings is 2. The molecule has 0 spiro atoms. The van der Waals surface area contributed by atoms with Gasteiger partial charge in [-0.1, -0.05) is 55.9 Å². The van der Waals surface area contributed by atoms with Gasteiger partial charge in [0, 0.05) is 12.6 Å². The average molecular weight is 449 g/mol. The van der Waals surface area contributed by atoms with E-state index < -0.39 is 0 Å². The molecule has 1 atom stereocenters. The van der Waals surface area contributed by atoms with Gasteiger partial charge in [-0.15, -0.1) is 10.2 Å². The normalized spacial score (nSPS) is 12.2. The predicted molar refractivity (Wildman–Crippen MR) is 124 cm³/mol. The van der Waals surface area contributed by atoms with Gasteiger partial charge in [-0.25, -0.2) is 4.98 Å². The van der Waals surface area contributed by atoms with Gasteiger partial charge in [-0.05, 0) is 30.2 Å². The first-order chi connectivity index (χ1) is 15.4. The van der Waals surface area contributed by atoms with E-state index in [1.54, 1.807) is 18.2 Å². The monoisotopic (exact) mass is 448 g/mol. The number of rotatable bonds is 7. The van der Waals surface area contributed by atoms with Crippen molar-refractivity contribution < 1.29 is 4.79 Å². The molecule has 32 heavy (non-hydrogen) atoms. The summed E-state index contributed by atoms with van der Waals surface area (Å²) in [5.74, 6) is 1.64. The summed E-state index contributed by atoms with van der Waals surface area (Å²) in [6, 6.07) is 16.1. The van der Waals surface area contributed by atoms with Crippen molar-refractivity contribution in [2.45, 2.75) is 30.8 Å². The third kappa shape index (κ3) is 4.57. The second kappa shape index (κ2) is 9.35. The van der Waals surface area contributed by atoms with Gasteiger partial charge in [0.05, 0.1) is 22.7 Å². The first kappa shape index (κ1) is 21.8. The van der Waals surface area contributed by atoms with E-state index in [0.29, 0.717) is 39.0 Å². The Labute approximate surface area is 189 Å². The maximum atomic E-state index is 12.7. The molecule has 0 fully saturated rings. The summed E-state index contributed by atoms with van der Waals surface area (Å²) < 4.78 is 1.87. The molecular weight excluding hydrogens is 424 g/mol. The van der Waals surface area contributed by atoms with E-state index in [1.165, 1.54) is 11.8 Å². The lowest BCUT2D eigenvalue weighted by atomic mass is 10.0. The summed E-state index contributed by atoms with van der Waals surface area (Å²) in [7, 11) is 1.87. The molecule has 2 aromatic heterocycles. The first-order valence-corrected chi connectivity index (χ1v) is 11.3. The van der Waals surface area contributed by atoms with E-state index in [0.717, 1.165) is 0 Å². The summed E-state index contributed by atoms with van der Waals surface area (Å²) in [5.41, 5.74) is 1.10. The molecule has 0 unspecified atom stereocenters. The van der Waals surface area contributed by atoms with Crippen molar-refractivity contribution in [3.05, 3.63) is 82.2 Å². The van der Waals surface area contributed by atoms with Crippen molar-refractivity contribution in [2.75, 3.05) is 0 Å². The smallest absolute Gasteiger partial charge is 0.258 e. The number of aromatic nitrogens is 5. The highest BCUT2D eigenvalue weighted by Crippen LogP contribution is 2.25. The standard InChI is InChI=1S/C23H24N6O2S/c1-14(2)19(26-21(30)15-9-5-4-6-10-15)20-27-28-23(29(20)3)32-13-18-24-17-12-8-7-11-16(17)22(31)25-18/h4-12,14,19H,13H2,1-3H3,(H,26,30)(H,24,25,31)/t19-/m0/s1. The third-order valence-electron chi connectivity index (χ3n) is 5.14. The average Bonchev–Trinajstić information content (AvgIpc) is 3.16. The van der Waals surface area contributed by atoms with Gasteiger partial charge >= 0.3 is 0 Å². The highest BCUT2D eigenvalue weighted by Gasteiger charge is 2.25. The zero-order chi connectivity index (χ0) is 22.7. The summed E-state index contributed by atoms with van der Waals surface area (Å²) in [6.07, 6.45) is 0. The number of hydrogen-bond acceptors (Lipinski definition) is 6. The maximum Gasteiger partial charge on any atom is 0.258 e. The number of carbonyl (C=O) groups excluding carboxylic acids is 1. The van der Waals surface area contributed by atoms with Gasteiger partial charge in [0.2, 0.25) is 0 Å². The van der Waals surface area contributed by atoms with Gasteiger partial charge in [0.25, 0.3) is 11.5 Å². The largest absolute Gasteiger partial charge is 0.342 e. The first-order valence-electron chi connectivity index (χ1n) is 10.3. The summed E-state index contributed by atoms with van der Waals surface area (Å²) in [6.45, 7) is 4.06. The van der Waals surface area contributed by atoms with Crippen LogP contribution in [0, 0.1) is 5.92 Å². The van der Waals surface area contributed by atoms with Crippen LogP contribution in [0.5, 0.6) is 0 Å². The number of amides is 1. The minimum Gasteiger partial charge on any atom is -0.342 e. The minimum absolute atomic E-state index is 0.113. The van der Waals surface area contributed by atoms with Crippen molar-refractivity contribution in [3.8, 4) is 0 Å². The molecule has 8 nitrogen and oxygen atoms in total. The second-order valence-electron chi connectivity index (χ2n) is 7.78.